The van der Waals surface area contributed by atoms with E-state index >= 15 is 0 Å². The Morgan fingerprint density at radius 1 is 0.950 bits per heavy atom. The van der Waals surface area contributed by atoms with Crippen LogP contribution in [0, 0.1) is 5.82 Å². The topological polar surface area (TPSA) is 82.6 Å². The summed E-state index contributed by atoms with van der Waals surface area (Å²) in [6.45, 7) is 1.85. The van der Waals surface area contributed by atoms with Crippen LogP contribution in [0.4, 0.5) is 23.4 Å². The molecule has 1 atom stereocenters. The Balaban J connectivity index is 1.36. The molecule has 3 aromatic rings. The molecule has 7 nitrogen and oxygen atoms in total. The third-order valence-electron chi connectivity index (χ3n) is 7.20. The van der Waals surface area contributed by atoms with Gasteiger partial charge in [-0.25, -0.2) is 17.8 Å². The van der Waals surface area contributed by atoms with Crippen molar-refractivity contribution in [3.63, 3.8) is 0 Å². The van der Waals surface area contributed by atoms with E-state index in [1.54, 1.807) is 6.07 Å². The Morgan fingerprint density at radius 2 is 1.62 bits per heavy atom. The number of pyridine rings is 1. The molecule has 12 heteroatoms. The molecule has 1 N–H and O–H groups in total. The van der Waals surface area contributed by atoms with E-state index in [2.05, 4.69) is 15.2 Å². The van der Waals surface area contributed by atoms with E-state index in [-0.39, 0.29) is 18.0 Å². The molecule has 0 aliphatic carbocycles. The molecule has 0 saturated carbocycles. The first-order valence-corrected chi connectivity index (χ1v) is 14.4. The number of aromatic nitrogens is 1. The van der Waals surface area contributed by atoms with E-state index in [0.29, 0.717) is 35.5 Å². The fraction of sp³-hybridized carbons (Fsp3) is 0.357. The Morgan fingerprint density at radius 3 is 2.27 bits per heavy atom. The van der Waals surface area contributed by atoms with Gasteiger partial charge in [-0.15, -0.1) is 0 Å². The number of sulfonamides is 1. The summed E-state index contributed by atoms with van der Waals surface area (Å²) in [5.41, 5.74) is 0.917. The highest BCUT2D eigenvalue weighted by Gasteiger charge is 2.39. The predicted molar refractivity (Wildman–Crippen MR) is 141 cm³/mol. The fourth-order valence-electron chi connectivity index (χ4n) is 5.10. The van der Waals surface area contributed by atoms with Gasteiger partial charge in [0.05, 0.1) is 16.2 Å². The second kappa shape index (κ2) is 11.2. The number of alkyl halides is 3. The Bertz CT molecular complexity index is 1470. The summed E-state index contributed by atoms with van der Waals surface area (Å²) in [6, 6.07) is 11.9. The highest BCUT2D eigenvalue weighted by atomic mass is 32.2. The Hall–Kier alpha value is -3.51. The van der Waals surface area contributed by atoms with Crippen molar-refractivity contribution in [2.75, 3.05) is 24.5 Å². The third kappa shape index (κ3) is 5.97. The van der Waals surface area contributed by atoms with Gasteiger partial charge in [-0.2, -0.15) is 17.5 Å². The van der Waals surface area contributed by atoms with Gasteiger partial charge < -0.3 is 10.2 Å². The molecule has 1 amide bonds. The summed E-state index contributed by atoms with van der Waals surface area (Å²) in [7, 11) is -4.00. The number of amides is 1. The van der Waals surface area contributed by atoms with Gasteiger partial charge >= 0.3 is 6.18 Å². The highest BCUT2D eigenvalue weighted by molar-refractivity contribution is 7.89. The molecule has 2 aliphatic heterocycles. The first-order valence-electron chi connectivity index (χ1n) is 13.0. The second-order valence-corrected chi connectivity index (χ2v) is 11.8. The molecular weight excluding hydrogens is 548 g/mol. The van der Waals surface area contributed by atoms with Gasteiger partial charge in [0.15, 0.2) is 0 Å². The van der Waals surface area contributed by atoms with Crippen LogP contribution in [0.15, 0.2) is 65.6 Å². The van der Waals surface area contributed by atoms with Crippen LogP contribution in [0.25, 0.3) is 11.3 Å². The van der Waals surface area contributed by atoms with Gasteiger partial charge in [-0.05, 0) is 79.8 Å². The lowest BCUT2D eigenvalue weighted by Gasteiger charge is -2.24. The van der Waals surface area contributed by atoms with Gasteiger partial charge in [0.1, 0.15) is 17.7 Å². The van der Waals surface area contributed by atoms with E-state index in [1.807, 2.05) is 6.07 Å². The number of benzene rings is 2. The van der Waals surface area contributed by atoms with Crippen molar-refractivity contribution >= 4 is 21.7 Å². The van der Waals surface area contributed by atoms with Gasteiger partial charge in [-0.3, -0.25) is 4.79 Å². The quantitative estimate of drug-likeness (QED) is 0.402. The molecule has 0 spiro atoms. The predicted octanol–water partition coefficient (Wildman–Crippen LogP) is 4.98. The van der Waals surface area contributed by atoms with Crippen LogP contribution in [0.3, 0.4) is 0 Å². The summed E-state index contributed by atoms with van der Waals surface area (Å²) < 4.78 is 79.9. The second-order valence-electron chi connectivity index (χ2n) is 9.93. The number of halogens is 4. The van der Waals surface area contributed by atoms with E-state index in [4.69, 9.17) is 0 Å². The van der Waals surface area contributed by atoms with Crippen LogP contribution < -0.4 is 10.2 Å². The molecule has 1 unspecified atom stereocenters. The third-order valence-corrected chi connectivity index (χ3v) is 9.13. The van der Waals surface area contributed by atoms with Gasteiger partial charge in [-0.1, -0.05) is 12.1 Å². The molecule has 2 fully saturated rings. The van der Waals surface area contributed by atoms with E-state index < -0.39 is 39.5 Å². The normalized spacial score (nSPS) is 18.3. The van der Waals surface area contributed by atoms with Crippen molar-refractivity contribution < 1.29 is 30.8 Å². The minimum absolute atomic E-state index is 0.0801. The number of hydrogen-bond donors (Lipinski definition) is 1. The first kappa shape index (κ1) is 28.0. The van der Waals surface area contributed by atoms with Crippen LogP contribution in [0.2, 0.25) is 0 Å². The Kier molecular flexibility index (Phi) is 7.83. The summed E-state index contributed by atoms with van der Waals surface area (Å²) in [6.07, 6.45) is -1.60. The molecule has 0 radical (unpaired) electrons. The van der Waals surface area contributed by atoms with E-state index in [0.717, 1.165) is 54.5 Å². The number of anilines is 1. The van der Waals surface area contributed by atoms with Crippen LogP contribution in [-0.4, -0.2) is 49.3 Å². The highest BCUT2D eigenvalue weighted by Crippen LogP contribution is 2.32. The lowest BCUT2D eigenvalue weighted by atomic mass is 10.1. The number of rotatable bonds is 7. The number of carbonyl (C=O) groups is 1. The van der Waals surface area contributed by atoms with E-state index in [1.165, 1.54) is 24.3 Å². The molecule has 1 aromatic heterocycles. The van der Waals surface area contributed by atoms with Crippen LogP contribution in [-0.2, 0) is 27.5 Å². The fourth-order valence-corrected chi connectivity index (χ4v) is 6.75. The van der Waals surface area contributed by atoms with Gasteiger partial charge in [0, 0.05) is 31.7 Å². The van der Waals surface area contributed by atoms with Crippen LogP contribution in [0.1, 0.15) is 36.8 Å². The average molecular weight is 577 g/mol. The van der Waals surface area contributed by atoms with Gasteiger partial charge in [0.25, 0.3) is 0 Å². The summed E-state index contributed by atoms with van der Waals surface area (Å²) in [5.74, 6) is -0.352. The molecule has 2 saturated heterocycles. The molecule has 2 aromatic carbocycles. The molecule has 5 rings (SSSR count). The SMILES string of the molecule is O=C(NCc1cc(-c2ccc(C(F)(F)F)cc2)nc(N2CCCC2)c1)C1CCCN1S(=O)(=O)c1ccc(F)cc1. The largest absolute Gasteiger partial charge is 0.416 e. The number of carbonyl (C=O) groups excluding carboxylic acids is 1. The molecule has 2 aliphatic rings. The molecule has 40 heavy (non-hydrogen) atoms. The smallest absolute Gasteiger partial charge is 0.357 e. The van der Waals surface area contributed by atoms with Crippen LogP contribution in [0.5, 0.6) is 0 Å². The summed E-state index contributed by atoms with van der Waals surface area (Å²) >= 11 is 0. The van der Waals surface area contributed by atoms with Crippen molar-refractivity contribution in [2.45, 2.75) is 49.3 Å². The average Bonchev–Trinajstić information content (AvgIpc) is 3.65. The summed E-state index contributed by atoms with van der Waals surface area (Å²) in [5, 5.41) is 2.83. The number of nitrogens with one attached hydrogen (secondary N) is 1. The zero-order valence-corrected chi connectivity index (χ0v) is 22.3. The van der Waals surface area contributed by atoms with Crippen molar-refractivity contribution in [1.29, 1.82) is 0 Å². The molecule has 3 heterocycles. The number of hydrogen-bond acceptors (Lipinski definition) is 5. The molecular formula is C28H28F4N4O3S. The zero-order valence-electron chi connectivity index (χ0n) is 21.5. The van der Waals surface area contributed by atoms with Crippen LogP contribution >= 0.6 is 0 Å². The zero-order chi connectivity index (χ0) is 28.5. The minimum Gasteiger partial charge on any atom is -0.357 e. The first-order chi connectivity index (χ1) is 19.0. The maximum absolute atomic E-state index is 13.3. The number of nitrogens with zero attached hydrogens (tertiary/aromatic N) is 3. The van der Waals surface area contributed by atoms with Crippen molar-refractivity contribution in [2.24, 2.45) is 0 Å². The lowest BCUT2D eigenvalue weighted by molar-refractivity contribution is -0.137. The maximum Gasteiger partial charge on any atom is 0.416 e. The van der Waals surface area contributed by atoms with Crippen molar-refractivity contribution in [3.8, 4) is 11.3 Å². The molecule has 212 valence electrons. The minimum atomic E-state index is -4.45. The lowest BCUT2D eigenvalue weighted by Crippen LogP contribution is -2.45. The standard InChI is InChI=1S/C28H28F4N4O3S/c29-22-9-11-23(12-10-22)40(38,39)36-15-3-4-25(36)27(37)33-18-19-16-24(34-26(17-19)35-13-1-2-14-35)20-5-7-21(8-6-20)28(30,31)32/h5-12,16-17,25H,1-4,13-15,18H2,(H,33,37). The summed E-state index contributed by atoms with van der Waals surface area (Å²) in [4.78, 5) is 19.9. The monoisotopic (exact) mass is 576 g/mol. The molecule has 0 bridgehead atoms. The van der Waals surface area contributed by atoms with E-state index in [9.17, 15) is 30.8 Å². The van der Waals surface area contributed by atoms with Crippen molar-refractivity contribution in [1.82, 2.24) is 14.6 Å². The Labute approximate surface area is 229 Å². The van der Waals surface area contributed by atoms with Crippen molar-refractivity contribution in [3.05, 3.63) is 77.6 Å². The van der Waals surface area contributed by atoms with Gasteiger partial charge in [0.2, 0.25) is 15.9 Å². The maximum atomic E-state index is 13.3.